The highest BCUT2D eigenvalue weighted by Crippen LogP contribution is 2.11. The molecule has 0 spiro atoms. The van der Waals surface area contributed by atoms with Crippen molar-refractivity contribution < 1.29 is 73.2 Å². The fourth-order valence-electron chi connectivity index (χ4n) is 7.16. The van der Waals surface area contributed by atoms with E-state index in [-0.39, 0.29) is 57.7 Å². The van der Waals surface area contributed by atoms with Crippen molar-refractivity contribution in [1.29, 1.82) is 0 Å². The SMILES string of the molecule is CC(=O)N[C@H](C(=O)N[C@H](CO)C(=O)N[C@H]1CCNC(=O)C([C@@H](C)O)NC(=O)[C@H](CCN)NC(=O)[C@H](CCN)NC(=O)[C@H](CC(C)C)NC(=O)[C@@H](Cc2ccccc2)NC(=O)C(CCN)NC1=O)[C@@H](C)O.CC(=O)O. The van der Waals surface area contributed by atoms with Gasteiger partial charge in [0.1, 0.15) is 54.4 Å². The van der Waals surface area contributed by atoms with Gasteiger partial charge in [0.25, 0.3) is 5.97 Å². The van der Waals surface area contributed by atoms with Crippen LogP contribution in [0.15, 0.2) is 30.3 Å². The molecule has 28 heteroatoms. The van der Waals surface area contributed by atoms with Gasteiger partial charge in [-0.15, -0.1) is 0 Å². The van der Waals surface area contributed by atoms with E-state index in [1.54, 1.807) is 44.2 Å². The fraction of sp³-hybridized carbons (Fsp3) is 0.630. The maximum atomic E-state index is 14.2. The van der Waals surface area contributed by atoms with Crippen molar-refractivity contribution in [2.45, 2.75) is 147 Å². The van der Waals surface area contributed by atoms with Crippen molar-refractivity contribution in [1.82, 2.24) is 53.2 Å². The number of hydrogen-bond donors (Lipinski definition) is 17. The molecule has 11 atom stereocenters. The lowest BCUT2D eigenvalue weighted by Gasteiger charge is -2.28. The Morgan fingerprint density at radius 1 is 0.635 bits per heavy atom. The summed E-state index contributed by atoms with van der Waals surface area (Å²) < 4.78 is 0. The number of amides is 10. The van der Waals surface area contributed by atoms with Gasteiger partial charge >= 0.3 is 0 Å². The number of nitrogens with one attached hydrogen (secondary N) is 10. The molecule has 0 bridgehead atoms. The second-order valence-corrected chi connectivity index (χ2v) is 17.9. The number of carboxylic acid groups (broad SMARTS) is 1. The third kappa shape index (κ3) is 23.8. The molecule has 1 saturated heterocycles. The van der Waals surface area contributed by atoms with Crippen molar-refractivity contribution in [3.63, 3.8) is 0 Å². The van der Waals surface area contributed by atoms with Crippen LogP contribution in [-0.2, 0) is 59.2 Å². The van der Waals surface area contributed by atoms with Gasteiger partial charge in [0.05, 0.1) is 18.8 Å². The standard InChI is InChI=1S/C44H73N13O13.C2H4O2/c1-22(2)19-31-40(66)52-27(11-15-45)36(62)51-29(13-17-47)39(65)57-34(23(3)59)43(69)48-18-14-30(53-42(68)33(21-58)56-44(70)35(24(4)60)49-25(5)61)38(64)50-28(12-16-46)37(63)55-32(41(67)54-31)20-26-9-7-6-8-10-26;1-2(3)4/h6-10,22-24,27-35,58-60H,11-21,45-47H2,1-5H3,(H,48,69)(H,49,61)(H,50,64)(H,51,62)(H,52,66)(H,53,68)(H,54,67)(H,55,63)(H,56,70)(H,57,65);1H3,(H,3,4)/t23-,24-,27+,28?,29+,30+,31+,32-,33-,34?,35+;/m1./s1. The summed E-state index contributed by atoms with van der Waals surface area (Å²) in [5, 5.41) is 62.8. The monoisotopic (exact) mass is 1050 g/mol. The summed E-state index contributed by atoms with van der Waals surface area (Å²) in [4.78, 5) is 145. The van der Waals surface area contributed by atoms with E-state index in [1.165, 1.54) is 13.8 Å². The molecule has 0 radical (unpaired) electrons. The van der Waals surface area contributed by atoms with Crippen molar-refractivity contribution in [3.05, 3.63) is 35.9 Å². The van der Waals surface area contributed by atoms with Crippen molar-refractivity contribution >= 4 is 65.0 Å². The van der Waals surface area contributed by atoms with Crippen LogP contribution in [0, 0.1) is 5.92 Å². The summed E-state index contributed by atoms with van der Waals surface area (Å²) in [6.07, 6.45) is -4.04. The molecular weight excluding hydrogens is 975 g/mol. The molecule has 1 aromatic rings. The van der Waals surface area contributed by atoms with Crippen LogP contribution in [-0.4, -0.2) is 185 Å². The van der Waals surface area contributed by atoms with Crippen LogP contribution in [0.3, 0.4) is 0 Å². The molecule has 20 N–H and O–H groups in total. The highest BCUT2D eigenvalue weighted by Gasteiger charge is 2.36. The van der Waals surface area contributed by atoms with Crippen molar-refractivity contribution in [2.24, 2.45) is 23.1 Å². The minimum atomic E-state index is -1.78. The van der Waals surface area contributed by atoms with E-state index >= 15 is 0 Å². The highest BCUT2D eigenvalue weighted by molar-refractivity contribution is 5.99. The van der Waals surface area contributed by atoms with Gasteiger partial charge in [-0.2, -0.15) is 0 Å². The number of carbonyl (C=O) groups is 11. The van der Waals surface area contributed by atoms with E-state index in [0.717, 1.165) is 13.8 Å². The van der Waals surface area contributed by atoms with E-state index in [2.05, 4.69) is 53.2 Å². The Labute approximate surface area is 429 Å². The molecule has 1 aliphatic rings. The fourth-order valence-corrected chi connectivity index (χ4v) is 7.16. The van der Waals surface area contributed by atoms with Crippen LogP contribution < -0.4 is 70.4 Å². The lowest BCUT2D eigenvalue weighted by Crippen LogP contribution is -2.61. The zero-order chi connectivity index (χ0) is 56.2. The molecule has 74 heavy (non-hydrogen) atoms. The van der Waals surface area contributed by atoms with Crippen LogP contribution in [0.25, 0.3) is 0 Å². The van der Waals surface area contributed by atoms with Crippen LogP contribution in [0.1, 0.15) is 79.2 Å². The third-order valence-electron chi connectivity index (χ3n) is 10.9. The third-order valence-corrected chi connectivity index (χ3v) is 10.9. The molecule has 1 fully saturated rings. The molecule has 2 unspecified atom stereocenters. The number of nitrogens with two attached hydrogens (primary N) is 3. The number of hydrogen-bond acceptors (Lipinski definition) is 17. The van der Waals surface area contributed by atoms with Crippen LogP contribution >= 0.6 is 0 Å². The minimum Gasteiger partial charge on any atom is -0.481 e. The van der Waals surface area contributed by atoms with Gasteiger partial charge in [0.2, 0.25) is 59.1 Å². The molecule has 1 aromatic carbocycles. The van der Waals surface area contributed by atoms with E-state index < -0.39 is 151 Å². The summed E-state index contributed by atoms with van der Waals surface area (Å²) in [5.41, 5.74) is 18.1. The molecule has 0 aromatic heterocycles. The average molecular weight is 1050 g/mol. The molecule has 0 saturated carbocycles. The van der Waals surface area contributed by atoms with E-state index in [1.807, 2.05) is 0 Å². The van der Waals surface area contributed by atoms with Gasteiger partial charge in [-0.25, -0.2) is 0 Å². The predicted octanol–water partition coefficient (Wildman–Crippen LogP) is -6.93. The van der Waals surface area contributed by atoms with Gasteiger partial charge in [-0.1, -0.05) is 44.2 Å². The van der Waals surface area contributed by atoms with Gasteiger partial charge in [0, 0.05) is 26.8 Å². The molecule has 10 amide bonds. The van der Waals surface area contributed by atoms with Crippen LogP contribution in [0.2, 0.25) is 0 Å². The number of aliphatic hydroxyl groups is 3. The van der Waals surface area contributed by atoms with Gasteiger partial charge in [-0.05, 0) is 77.1 Å². The van der Waals surface area contributed by atoms with Crippen molar-refractivity contribution in [2.75, 3.05) is 32.8 Å². The number of carbonyl (C=O) groups excluding carboxylic acids is 10. The highest BCUT2D eigenvalue weighted by atomic mass is 16.4. The van der Waals surface area contributed by atoms with E-state index in [9.17, 15) is 63.3 Å². The average Bonchev–Trinajstić information content (AvgIpc) is 3.31. The van der Waals surface area contributed by atoms with Gasteiger partial charge in [-0.3, -0.25) is 52.7 Å². The molecule has 0 aliphatic carbocycles. The summed E-state index contributed by atoms with van der Waals surface area (Å²) in [6, 6.07) is -5.08. The Morgan fingerprint density at radius 3 is 1.53 bits per heavy atom. The van der Waals surface area contributed by atoms with Gasteiger partial charge < -0.3 is 90.8 Å². The first-order valence-corrected chi connectivity index (χ1v) is 24.1. The summed E-state index contributed by atoms with van der Waals surface area (Å²) in [6.45, 7) is 6.16. The lowest BCUT2D eigenvalue weighted by molar-refractivity contribution is -0.136. The Bertz CT molecular complexity index is 2040. The molecule has 1 heterocycles. The Kier molecular flexibility index (Phi) is 29.8. The molecule has 416 valence electrons. The Morgan fingerprint density at radius 2 is 1.08 bits per heavy atom. The summed E-state index contributed by atoms with van der Waals surface area (Å²) in [7, 11) is 0. The Balaban J connectivity index is 0.00000658. The summed E-state index contributed by atoms with van der Waals surface area (Å²) in [5.74, 6) is -10.4. The smallest absolute Gasteiger partial charge is 0.300 e. The second kappa shape index (κ2) is 33.8. The largest absolute Gasteiger partial charge is 0.481 e. The number of carboxylic acids is 1. The minimum absolute atomic E-state index is 0.0533. The van der Waals surface area contributed by atoms with Gasteiger partial charge in [0.15, 0.2) is 0 Å². The van der Waals surface area contributed by atoms with Crippen molar-refractivity contribution in [3.8, 4) is 0 Å². The molecule has 2 rings (SSSR count). The summed E-state index contributed by atoms with van der Waals surface area (Å²) >= 11 is 0. The number of aliphatic hydroxyl groups excluding tert-OH is 3. The maximum absolute atomic E-state index is 14.2. The zero-order valence-corrected chi connectivity index (χ0v) is 42.6. The quantitative estimate of drug-likeness (QED) is 0.0650. The zero-order valence-electron chi connectivity index (χ0n) is 42.6. The topological polar surface area (TPSA) is 467 Å². The van der Waals surface area contributed by atoms with E-state index in [4.69, 9.17) is 27.1 Å². The lowest BCUT2D eigenvalue weighted by atomic mass is 10.00. The second-order valence-electron chi connectivity index (χ2n) is 17.9. The number of benzene rings is 1. The molecule has 28 nitrogen and oxygen atoms in total. The Hall–Kier alpha value is -6.85. The first kappa shape index (κ1) is 65.2. The predicted molar refractivity (Wildman–Crippen MR) is 265 cm³/mol. The first-order valence-electron chi connectivity index (χ1n) is 24.1. The van der Waals surface area contributed by atoms with Crippen LogP contribution in [0.4, 0.5) is 0 Å². The van der Waals surface area contributed by atoms with Crippen LogP contribution in [0.5, 0.6) is 0 Å². The molecule has 1 aliphatic heterocycles. The first-order chi connectivity index (χ1) is 34.8. The van der Waals surface area contributed by atoms with E-state index in [0.29, 0.717) is 5.56 Å². The number of rotatable bonds is 18. The maximum Gasteiger partial charge on any atom is 0.300 e. The normalized spacial score (nSPS) is 23.4. The molecular formula is C46H77N13O15. The number of aliphatic carboxylic acids is 1.